The molecule has 0 bridgehead atoms. The van der Waals surface area contributed by atoms with Crippen LogP contribution < -0.4 is 0 Å². The van der Waals surface area contributed by atoms with Crippen LogP contribution in [0.15, 0.2) is 67.3 Å². The molecule has 3 heteroatoms. The Kier molecular flexibility index (Phi) is 2.91. The Morgan fingerprint density at radius 2 is 1.91 bits per heavy atom. The third-order valence-electron chi connectivity index (χ3n) is 4.29. The fourth-order valence-electron chi connectivity index (χ4n) is 3.26. The molecule has 2 aromatic carbocycles. The van der Waals surface area contributed by atoms with Crippen molar-refractivity contribution in [1.82, 2.24) is 9.55 Å². The zero-order valence-corrected chi connectivity index (χ0v) is 12.6. The van der Waals surface area contributed by atoms with Gasteiger partial charge in [0.25, 0.3) is 0 Å². The lowest BCUT2D eigenvalue weighted by Gasteiger charge is -2.22. The Bertz CT molecular complexity index is 837. The quantitative estimate of drug-likeness (QED) is 0.668. The van der Waals surface area contributed by atoms with Crippen molar-refractivity contribution in [1.29, 1.82) is 0 Å². The highest BCUT2D eigenvalue weighted by molar-refractivity contribution is 5.76. The van der Waals surface area contributed by atoms with Crippen molar-refractivity contribution in [2.75, 3.05) is 0 Å². The number of aromatic nitrogens is 2. The predicted molar refractivity (Wildman–Crippen MR) is 87.6 cm³/mol. The van der Waals surface area contributed by atoms with Crippen LogP contribution in [0.25, 0.3) is 11.0 Å². The average Bonchev–Trinajstić information content (AvgIpc) is 3.06. The monoisotopic (exact) mass is 290 g/mol. The molecule has 0 saturated heterocycles. The molecule has 0 amide bonds. The fourth-order valence-corrected chi connectivity index (χ4v) is 3.26. The molecule has 0 radical (unpaired) electrons. The SMILES string of the molecule is C=CC[C@@]1(C)O[C@H](c2ccccc2)n2c1nc1ccccc12. The summed E-state index contributed by atoms with van der Waals surface area (Å²) in [7, 11) is 0. The topological polar surface area (TPSA) is 27.1 Å². The number of nitrogens with zero attached hydrogens (tertiary/aromatic N) is 2. The van der Waals surface area contributed by atoms with Crippen molar-refractivity contribution in [3.63, 3.8) is 0 Å². The van der Waals surface area contributed by atoms with Gasteiger partial charge in [-0.1, -0.05) is 48.5 Å². The van der Waals surface area contributed by atoms with E-state index in [9.17, 15) is 0 Å². The summed E-state index contributed by atoms with van der Waals surface area (Å²) < 4.78 is 8.64. The van der Waals surface area contributed by atoms with Gasteiger partial charge in [-0.25, -0.2) is 4.98 Å². The molecule has 110 valence electrons. The highest BCUT2D eigenvalue weighted by Gasteiger charge is 2.43. The summed E-state index contributed by atoms with van der Waals surface area (Å²) in [4.78, 5) is 4.83. The molecule has 3 nitrogen and oxygen atoms in total. The first kappa shape index (κ1) is 13.3. The van der Waals surface area contributed by atoms with Crippen LogP contribution in [-0.2, 0) is 10.3 Å². The standard InChI is InChI=1S/C19H18N2O/c1-3-13-19(2)18-20-15-11-7-8-12-16(15)21(18)17(22-19)14-9-5-4-6-10-14/h3-12,17H,1,13H2,2H3/t17-,19-/m1/s1. The Balaban J connectivity index is 1.97. The number of ether oxygens (including phenoxy) is 1. The predicted octanol–water partition coefficient (Wildman–Crippen LogP) is 4.40. The van der Waals surface area contributed by atoms with E-state index in [1.807, 2.05) is 36.4 Å². The molecule has 2 atom stereocenters. The lowest BCUT2D eigenvalue weighted by atomic mass is 10.0. The largest absolute Gasteiger partial charge is 0.339 e. The molecule has 1 aliphatic heterocycles. The van der Waals surface area contributed by atoms with Crippen LogP contribution in [0.3, 0.4) is 0 Å². The van der Waals surface area contributed by atoms with Gasteiger partial charge in [0.05, 0.1) is 11.0 Å². The van der Waals surface area contributed by atoms with Crippen LogP contribution >= 0.6 is 0 Å². The number of benzene rings is 2. The van der Waals surface area contributed by atoms with Gasteiger partial charge in [-0.3, -0.25) is 4.57 Å². The summed E-state index contributed by atoms with van der Waals surface area (Å²) in [5.74, 6) is 0.974. The van der Waals surface area contributed by atoms with Gasteiger partial charge in [-0.15, -0.1) is 6.58 Å². The van der Waals surface area contributed by atoms with Crippen LogP contribution in [0, 0.1) is 0 Å². The van der Waals surface area contributed by atoms with Gasteiger partial charge in [0.1, 0.15) is 11.4 Å². The summed E-state index contributed by atoms with van der Waals surface area (Å²) in [6.45, 7) is 5.97. The Labute approximate surface area is 129 Å². The average molecular weight is 290 g/mol. The van der Waals surface area contributed by atoms with Gasteiger partial charge >= 0.3 is 0 Å². The van der Waals surface area contributed by atoms with Crippen molar-refractivity contribution in [3.05, 3.63) is 78.6 Å². The minimum Gasteiger partial charge on any atom is -0.339 e. The number of hydrogen-bond donors (Lipinski definition) is 0. The third kappa shape index (κ3) is 1.82. The van der Waals surface area contributed by atoms with Crippen molar-refractivity contribution in [2.24, 2.45) is 0 Å². The van der Waals surface area contributed by atoms with Gasteiger partial charge in [0, 0.05) is 12.0 Å². The minimum absolute atomic E-state index is 0.145. The smallest absolute Gasteiger partial charge is 0.163 e. The molecule has 0 saturated carbocycles. The first-order chi connectivity index (χ1) is 10.7. The van der Waals surface area contributed by atoms with E-state index in [-0.39, 0.29) is 6.23 Å². The number of imidazole rings is 1. The van der Waals surface area contributed by atoms with E-state index in [1.54, 1.807) is 0 Å². The Morgan fingerprint density at radius 1 is 1.18 bits per heavy atom. The number of rotatable bonds is 3. The molecular weight excluding hydrogens is 272 g/mol. The van der Waals surface area contributed by atoms with Gasteiger partial charge in [0.2, 0.25) is 0 Å². The molecule has 0 N–H and O–H groups in total. The molecule has 1 aliphatic rings. The number of fused-ring (bicyclic) bond motifs is 3. The zero-order valence-electron chi connectivity index (χ0n) is 12.6. The molecule has 3 aromatic rings. The number of para-hydroxylation sites is 2. The summed E-state index contributed by atoms with van der Waals surface area (Å²) in [6, 6.07) is 18.5. The van der Waals surface area contributed by atoms with E-state index in [4.69, 9.17) is 9.72 Å². The Hall–Kier alpha value is -2.39. The molecule has 0 unspecified atom stereocenters. The van der Waals surface area contributed by atoms with Crippen LogP contribution in [0.1, 0.15) is 31.0 Å². The van der Waals surface area contributed by atoms with Crippen molar-refractivity contribution in [2.45, 2.75) is 25.2 Å². The van der Waals surface area contributed by atoms with Crippen molar-refractivity contribution in [3.8, 4) is 0 Å². The normalized spacial score (nSPS) is 23.6. The summed E-state index contributed by atoms with van der Waals surface area (Å²) >= 11 is 0. The van der Waals surface area contributed by atoms with E-state index in [2.05, 4.69) is 42.3 Å². The van der Waals surface area contributed by atoms with Crippen LogP contribution in [-0.4, -0.2) is 9.55 Å². The summed E-state index contributed by atoms with van der Waals surface area (Å²) in [5, 5.41) is 0. The van der Waals surface area contributed by atoms with E-state index in [0.717, 1.165) is 28.8 Å². The second kappa shape index (κ2) is 4.82. The van der Waals surface area contributed by atoms with Crippen molar-refractivity contribution >= 4 is 11.0 Å². The van der Waals surface area contributed by atoms with Gasteiger partial charge in [-0.2, -0.15) is 0 Å². The van der Waals surface area contributed by atoms with Crippen LogP contribution in [0.5, 0.6) is 0 Å². The van der Waals surface area contributed by atoms with Crippen LogP contribution in [0.2, 0.25) is 0 Å². The maximum absolute atomic E-state index is 6.42. The van der Waals surface area contributed by atoms with E-state index < -0.39 is 5.60 Å². The van der Waals surface area contributed by atoms with Gasteiger partial charge in [0.15, 0.2) is 6.23 Å². The third-order valence-corrected chi connectivity index (χ3v) is 4.29. The minimum atomic E-state index is -0.443. The second-order valence-electron chi connectivity index (χ2n) is 5.90. The highest BCUT2D eigenvalue weighted by Crippen LogP contribution is 2.45. The maximum atomic E-state index is 6.42. The van der Waals surface area contributed by atoms with E-state index >= 15 is 0 Å². The molecule has 0 spiro atoms. The molecule has 2 heterocycles. The molecule has 1 aromatic heterocycles. The molecule has 22 heavy (non-hydrogen) atoms. The zero-order chi connectivity index (χ0) is 15.2. The highest BCUT2D eigenvalue weighted by atomic mass is 16.5. The fraction of sp³-hybridized carbons (Fsp3) is 0.211. The van der Waals surface area contributed by atoms with Crippen molar-refractivity contribution < 1.29 is 4.74 Å². The van der Waals surface area contributed by atoms with E-state index in [0.29, 0.717) is 0 Å². The molecule has 0 fully saturated rings. The molecular formula is C19H18N2O. The van der Waals surface area contributed by atoms with E-state index in [1.165, 1.54) is 0 Å². The van der Waals surface area contributed by atoms with Gasteiger partial charge < -0.3 is 4.74 Å². The maximum Gasteiger partial charge on any atom is 0.163 e. The first-order valence-electron chi connectivity index (χ1n) is 7.54. The lowest BCUT2D eigenvalue weighted by Crippen LogP contribution is -2.21. The molecule has 4 rings (SSSR count). The summed E-state index contributed by atoms with van der Waals surface area (Å²) in [5.41, 5.74) is 2.82. The summed E-state index contributed by atoms with van der Waals surface area (Å²) in [6.07, 6.45) is 2.49. The Morgan fingerprint density at radius 3 is 2.68 bits per heavy atom. The lowest BCUT2D eigenvalue weighted by molar-refractivity contribution is -0.0599. The second-order valence-corrected chi connectivity index (χ2v) is 5.90. The molecule has 0 aliphatic carbocycles. The van der Waals surface area contributed by atoms with Crippen LogP contribution in [0.4, 0.5) is 0 Å². The first-order valence-corrected chi connectivity index (χ1v) is 7.54. The van der Waals surface area contributed by atoms with Gasteiger partial charge in [-0.05, 0) is 19.1 Å². The number of hydrogen-bond acceptors (Lipinski definition) is 2.